The van der Waals surface area contributed by atoms with Gasteiger partial charge >= 0.3 is 30.9 Å². The van der Waals surface area contributed by atoms with Crippen LogP contribution in [-0.2, 0) is 30.9 Å². The van der Waals surface area contributed by atoms with Crippen molar-refractivity contribution in [3.8, 4) is 170 Å². The molecule has 21 nitrogen and oxygen atoms in total. The minimum atomic E-state index is -4.54. The second kappa shape index (κ2) is 40.5. The first-order chi connectivity index (χ1) is 66.3. The van der Waals surface area contributed by atoms with Gasteiger partial charge in [0.15, 0.2) is 0 Å². The van der Waals surface area contributed by atoms with Gasteiger partial charge < -0.3 is 28.3 Å². The molecule has 10 aromatic carbocycles. The number of hydrogen-bond donors (Lipinski definition) is 1. The van der Waals surface area contributed by atoms with Gasteiger partial charge in [0.2, 0.25) is 29.1 Å². The average Bonchev–Trinajstić information content (AvgIpc) is 0.857. The number of aryl methyl sites for hydroxylation is 2. The lowest BCUT2D eigenvalue weighted by Crippen LogP contribution is -2.07. The molecule has 0 saturated carbocycles. The summed E-state index contributed by atoms with van der Waals surface area (Å²) in [6.07, 6.45) is -8.32. The minimum absolute atomic E-state index is 0.0129. The van der Waals surface area contributed by atoms with Crippen LogP contribution in [0.2, 0.25) is 0 Å². The number of alkyl halides is 15. The van der Waals surface area contributed by atoms with Crippen LogP contribution >= 0.6 is 0 Å². The molecule has 0 unspecified atom stereocenters. The highest BCUT2D eigenvalue weighted by molar-refractivity contribution is 5.79. The van der Waals surface area contributed by atoms with Crippen molar-refractivity contribution in [1.29, 1.82) is 0 Å². The number of hydrogen-bond acceptors (Lipinski definition) is 21. The Hall–Kier alpha value is -17.6. The molecule has 0 aliphatic carbocycles. The summed E-state index contributed by atoms with van der Waals surface area (Å²) in [5, 5.41) is 19.3. The molecule has 0 spiro atoms. The van der Waals surface area contributed by atoms with Crippen LogP contribution in [0.1, 0.15) is 38.9 Å². The van der Waals surface area contributed by atoms with Crippen LogP contribution in [0.25, 0.3) is 170 Å². The maximum Gasteiger partial charge on any atom is 0.417 e. The number of rotatable bonds is 15. The van der Waals surface area contributed by atoms with E-state index < -0.39 is 58.7 Å². The summed E-state index contributed by atoms with van der Waals surface area (Å²) < 4.78 is 230. The Morgan fingerprint density at radius 1 is 0.225 bits per heavy atom. The zero-order chi connectivity index (χ0) is 96.9. The molecule has 20 aromatic rings. The van der Waals surface area contributed by atoms with E-state index in [-0.39, 0.29) is 109 Å². The summed E-state index contributed by atoms with van der Waals surface area (Å²) in [4.78, 5) is 40.9. The van der Waals surface area contributed by atoms with E-state index in [2.05, 4.69) is 75.6 Å². The normalized spacial score (nSPS) is 11.5. The third kappa shape index (κ3) is 22.7. The maximum absolute atomic E-state index is 13.7. The second-order valence-corrected chi connectivity index (χ2v) is 30.2. The summed E-state index contributed by atoms with van der Waals surface area (Å²) in [5.41, 5.74) is 11.1. The Morgan fingerprint density at radius 3 is 0.949 bits per heavy atom. The van der Waals surface area contributed by atoms with E-state index in [9.17, 15) is 65.9 Å². The Morgan fingerprint density at radius 2 is 0.565 bits per heavy atom. The number of nitrogen functional groups attached to an aromatic ring is 1. The summed E-state index contributed by atoms with van der Waals surface area (Å²) in [6, 6.07) is 75.7. The van der Waals surface area contributed by atoms with E-state index in [1.165, 1.54) is 42.6 Å². The van der Waals surface area contributed by atoms with Crippen molar-refractivity contribution in [3.63, 3.8) is 0 Å². The van der Waals surface area contributed by atoms with E-state index in [0.29, 0.717) is 67.0 Å². The van der Waals surface area contributed by atoms with Crippen LogP contribution in [-0.4, -0.2) is 75.6 Å². The van der Waals surface area contributed by atoms with E-state index in [1.54, 1.807) is 262 Å². The lowest BCUT2D eigenvalue weighted by Gasteiger charge is -2.14. The number of aromatic nitrogens is 15. The molecule has 138 heavy (non-hydrogen) atoms. The van der Waals surface area contributed by atoms with Crippen LogP contribution in [0, 0.1) is 13.8 Å². The Bertz CT molecular complexity index is 7380. The minimum Gasteiger partial charge on any atom is -0.384 e. The number of nitrogens with zero attached hydrogens (tertiary/aromatic N) is 15. The number of anilines is 1. The van der Waals surface area contributed by atoms with Crippen molar-refractivity contribution in [2.45, 2.75) is 44.7 Å². The van der Waals surface area contributed by atoms with Crippen LogP contribution in [0.3, 0.4) is 0 Å². The van der Waals surface area contributed by atoms with E-state index >= 15 is 0 Å². The number of halogens is 15. The van der Waals surface area contributed by atoms with Crippen molar-refractivity contribution in [2.75, 3.05) is 5.73 Å². The van der Waals surface area contributed by atoms with Crippen molar-refractivity contribution in [3.05, 3.63) is 386 Å². The third-order valence-corrected chi connectivity index (χ3v) is 20.7. The average molecular weight is 1880 g/mol. The SMILES string of the molecule is Cc1cncc(-c2noc(-c3ccc(-c4ccccc4)c(C(F)(F)F)c3)n2)c1.Cc1cnccc1-c1noc(-c2ccc(-c3ccccc3)c(C(F)(F)F)c2)n1.FC(F)(F)c1cc(-c2ccccc2)cc(-c2nc(-c3ccncc3)no2)c1.FC(F)(F)c1cc(-c2nc(-c3cccnc3)no2)ccc1-c1ccccc1.Nc1cc(-c2noc(-c3ccc(-c4ccccc4)c(C(F)(F)F)c3)n2)ccn1. The fraction of sp³-hybridized carbons (Fsp3) is 0.0686. The predicted molar refractivity (Wildman–Crippen MR) is 481 cm³/mol. The summed E-state index contributed by atoms with van der Waals surface area (Å²) in [7, 11) is 0. The number of benzene rings is 10. The quantitative estimate of drug-likeness (QED) is 0.0933. The molecule has 0 bridgehead atoms. The summed E-state index contributed by atoms with van der Waals surface area (Å²) in [5.74, 6) is 1.66. The van der Waals surface area contributed by atoms with Crippen molar-refractivity contribution in [1.82, 2.24) is 75.6 Å². The molecule has 2 N–H and O–H groups in total. The first kappa shape index (κ1) is 93.6. The zero-order valence-electron chi connectivity index (χ0n) is 71.4. The first-order valence-electron chi connectivity index (χ1n) is 41.2. The van der Waals surface area contributed by atoms with E-state index in [0.717, 1.165) is 47.5 Å². The van der Waals surface area contributed by atoms with Gasteiger partial charge in [-0.2, -0.15) is 90.8 Å². The van der Waals surface area contributed by atoms with Gasteiger partial charge in [-0.3, -0.25) is 19.9 Å². The largest absolute Gasteiger partial charge is 0.417 e. The molecule has 20 rings (SSSR count). The standard InChI is InChI=1S/2C21H14F3N3O.C20H13F3N4O.2C20H12F3N3O/c1-13-9-16(12-25-11-13)19-26-20(28-27-19)15-7-8-17(14-5-3-2-4-6-14)18(10-15)21(22,23)24;1-13-12-25-10-9-16(13)19-26-20(28-27-19)15-7-8-17(14-5-3-2-4-6-14)18(11-15)21(22,23)24;21-20(22,23)16-10-14(6-7-15(16)12-4-2-1-3-5-12)19-26-18(27-28-19)13-8-9-25-17(24)11-13;21-20(22,23)17-11-14(8-9-16(17)13-5-2-1-3-6-13)19-25-18(26-27-19)15-7-4-10-24-12-15;21-20(22,23)17-11-15(13-4-2-1-3-5-13)10-16(12-17)19-25-18(26-27-19)14-6-8-24-9-7-14/h2*2-12H,1H3;1-11H,(H2,24,25);2*1-12H. The highest BCUT2D eigenvalue weighted by atomic mass is 19.4. The lowest BCUT2D eigenvalue weighted by atomic mass is 9.97. The second-order valence-electron chi connectivity index (χ2n) is 30.2. The van der Waals surface area contributed by atoms with E-state index in [4.69, 9.17) is 28.3 Å². The Kier molecular flexibility index (Phi) is 27.4. The zero-order valence-corrected chi connectivity index (χ0v) is 71.4. The predicted octanol–water partition coefficient (Wildman–Crippen LogP) is 27.6. The van der Waals surface area contributed by atoms with Gasteiger partial charge in [0.25, 0.3) is 29.5 Å². The van der Waals surface area contributed by atoms with Crippen LogP contribution < -0.4 is 5.73 Å². The monoisotopic (exact) mass is 1880 g/mol. The molecule has 0 saturated heterocycles. The highest BCUT2D eigenvalue weighted by Gasteiger charge is 2.39. The van der Waals surface area contributed by atoms with Crippen LogP contribution in [0.4, 0.5) is 71.7 Å². The smallest absolute Gasteiger partial charge is 0.384 e. The Labute approximate surface area is 772 Å². The molecule has 0 radical (unpaired) electrons. The molecular formula is C102H65F15N16O5. The van der Waals surface area contributed by atoms with Gasteiger partial charge in [-0.1, -0.05) is 202 Å². The fourth-order valence-electron chi connectivity index (χ4n) is 14.1. The first-order valence-corrected chi connectivity index (χ1v) is 41.2. The summed E-state index contributed by atoms with van der Waals surface area (Å²) in [6.45, 7) is 3.71. The molecule has 10 aromatic heterocycles. The molecular weight excluding hydrogens is 1810 g/mol. The topological polar surface area (TPSA) is 285 Å². The molecule has 0 atom stereocenters. The van der Waals surface area contributed by atoms with Crippen molar-refractivity contribution >= 4 is 5.82 Å². The molecule has 688 valence electrons. The lowest BCUT2D eigenvalue weighted by molar-refractivity contribution is -0.138. The van der Waals surface area contributed by atoms with Crippen molar-refractivity contribution in [2.24, 2.45) is 0 Å². The molecule has 36 heteroatoms. The molecule has 0 aliphatic heterocycles. The van der Waals surface area contributed by atoms with Gasteiger partial charge in [-0.15, -0.1) is 0 Å². The fourth-order valence-corrected chi connectivity index (χ4v) is 14.1. The maximum atomic E-state index is 13.7. The van der Waals surface area contributed by atoms with Crippen molar-refractivity contribution < 1.29 is 88.5 Å². The van der Waals surface area contributed by atoms with Gasteiger partial charge in [-0.25, -0.2) is 4.98 Å². The molecule has 0 amide bonds. The number of nitrogens with two attached hydrogens (primary N) is 1. The van der Waals surface area contributed by atoms with E-state index in [1.807, 2.05) is 19.9 Å². The molecule has 10 heterocycles. The van der Waals surface area contributed by atoms with Gasteiger partial charge in [0.1, 0.15) is 5.82 Å². The highest BCUT2D eigenvalue weighted by Crippen LogP contribution is 2.46. The van der Waals surface area contributed by atoms with Gasteiger partial charge in [0.05, 0.1) is 27.8 Å². The Balaban J connectivity index is 0.000000125. The molecule has 0 aliphatic rings. The van der Waals surface area contributed by atoms with Gasteiger partial charge in [-0.05, 0) is 196 Å². The van der Waals surface area contributed by atoms with Gasteiger partial charge in [0, 0.05) is 111 Å². The summed E-state index contributed by atoms with van der Waals surface area (Å²) >= 11 is 0. The number of pyridine rings is 5. The van der Waals surface area contributed by atoms with Crippen LogP contribution in [0.5, 0.6) is 0 Å². The third-order valence-electron chi connectivity index (χ3n) is 20.7. The molecule has 0 fully saturated rings. The van der Waals surface area contributed by atoms with Crippen LogP contribution in [0.15, 0.2) is 370 Å².